The number of anilines is 2. The Labute approximate surface area is 120 Å². The van der Waals surface area contributed by atoms with E-state index in [2.05, 4.69) is 25.8 Å². The fourth-order valence-corrected chi connectivity index (χ4v) is 2.66. The largest absolute Gasteiger partial charge is 0.362 e. The summed E-state index contributed by atoms with van der Waals surface area (Å²) in [6, 6.07) is 3.92. The summed E-state index contributed by atoms with van der Waals surface area (Å²) in [5.41, 5.74) is 0.874. The first-order valence-electron chi connectivity index (χ1n) is 6.41. The Morgan fingerprint density at radius 1 is 1.30 bits per heavy atom. The summed E-state index contributed by atoms with van der Waals surface area (Å²) in [6.45, 7) is 5.26. The molecule has 0 aromatic carbocycles. The minimum absolute atomic E-state index is 0.550. The average molecular weight is 289 g/mol. The van der Waals surface area contributed by atoms with Crippen LogP contribution >= 0.6 is 11.3 Å². The number of nitrogens with zero attached hydrogens (tertiary/aromatic N) is 3. The number of rotatable bonds is 5. The molecule has 0 aliphatic heterocycles. The smallest absolute Gasteiger partial charge is 0.226 e. The van der Waals surface area contributed by atoms with E-state index in [1.807, 2.05) is 31.4 Å². The molecule has 6 nitrogen and oxygen atoms in total. The van der Waals surface area contributed by atoms with Crippen LogP contribution < -0.4 is 10.6 Å². The van der Waals surface area contributed by atoms with E-state index in [1.54, 1.807) is 11.3 Å². The highest BCUT2D eigenvalue weighted by Gasteiger charge is 2.09. The predicted octanol–water partition coefficient (Wildman–Crippen LogP) is 3.03. The summed E-state index contributed by atoms with van der Waals surface area (Å²) < 4.78 is 5.19. The minimum atomic E-state index is 0.550. The van der Waals surface area contributed by atoms with Crippen molar-refractivity contribution in [2.75, 3.05) is 17.2 Å². The Hall–Kier alpha value is -2.15. The molecule has 0 bridgehead atoms. The van der Waals surface area contributed by atoms with Crippen molar-refractivity contribution < 1.29 is 4.52 Å². The molecule has 7 heteroatoms. The highest BCUT2D eigenvalue weighted by molar-refractivity contribution is 7.16. The van der Waals surface area contributed by atoms with Crippen LogP contribution in [0.5, 0.6) is 0 Å². The molecule has 20 heavy (non-hydrogen) atoms. The highest BCUT2D eigenvalue weighted by atomic mass is 32.1. The van der Waals surface area contributed by atoms with Gasteiger partial charge in [0.25, 0.3) is 0 Å². The third-order valence-electron chi connectivity index (χ3n) is 2.77. The van der Waals surface area contributed by atoms with Gasteiger partial charge in [-0.15, -0.1) is 11.3 Å². The monoisotopic (exact) mass is 289 g/mol. The summed E-state index contributed by atoms with van der Waals surface area (Å²) >= 11 is 1.60. The van der Waals surface area contributed by atoms with Gasteiger partial charge in [0.05, 0.1) is 17.6 Å². The number of hydrogen-bond donors (Lipinski definition) is 2. The molecule has 104 valence electrons. The molecular weight excluding hydrogens is 274 g/mol. The molecule has 0 unspecified atom stereocenters. The van der Waals surface area contributed by atoms with Crippen molar-refractivity contribution in [3.8, 4) is 0 Å². The molecule has 0 radical (unpaired) electrons. The van der Waals surface area contributed by atoms with Gasteiger partial charge in [-0.05, 0) is 25.3 Å². The summed E-state index contributed by atoms with van der Waals surface area (Å²) in [5.74, 6) is 2.23. The van der Waals surface area contributed by atoms with Crippen molar-refractivity contribution in [1.82, 2.24) is 15.1 Å². The van der Waals surface area contributed by atoms with Crippen molar-refractivity contribution in [2.45, 2.75) is 20.4 Å². The number of fused-ring (bicyclic) bond motifs is 1. The lowest BCUT2D eigenvalue weighted by atomic mass is 10.3. The average Bonchev–Trinajstić information content (AvgIpc) is 3.05. The third-order valence-corrected chi connectivity index (χ3v) is 3.57. The molecule has 0 amide bonds. The van der Waals surface area contributed by atoms with Gasteiger partial charge < -0.3 is 15.2 Å². The van der Waals surface area contributed by atoms with Gasteiger partial charge in [0.2, 0.25) is 5.95 Å². The molecule has 0 spiro atoms. The Balaban J connectivity index is 1.87. The van der Waals surface area contributed by atoms with E-state index in [0.717, 1.165) is 34.0 Å². The number of aryl methyl sites for hydroxylation is 1. The third kappa shape index (κ3) is 2.57. The van der Waals surface area contributed by atoms with Crippen molar-refractivity contribution in [1.29, 1.82) is 0 Å². The van der Waals surface area contributed by atoms with E-state index in [0.29, 0.717) is 12.5 Å². The van der Waals surface area contributed by atoms with Gasteiger partial charge in [-0.3, -0.25) is 0 Å². The quantitative estimate of drug-likeness (QED) is 0.752. The second-order valence-electron chi connectivity index (χ2n) is 4.35. The number of nitrogens with one attached hydrogen (secondary N) is 2. The fourth-order valence-electron chi connectivity index (χ4n) is 1.90. The molecule has 0 saturated carbocycles. The van der Waals surface area contributed by atoms with Crippen LogP contribution in [0.15, 0.2) is 22.0 Å². The van der Waals surface area contributed by atoms with Crippen LogP contribution in [0.2, 0.25) is 0 Å². The Morgan fingerprint density at radius 3 is 2.95 bits per heavy atom. The molecular formula is C13H15N5OS. The Morgan fingerprint density at radius 2 is 2.20 bits per heavy atom. The van der Waals surface area contributed by atoms with E-state index in [1.165, 1.54) is 0 Å². The number of hydrogen-bond acceptors (Lipinski definition) is 7. The van der Waals surface area contributed by atoms with Gasteiger partial charge in [0, 0.05) is 12.6 Å². The maximum Gasteiger partial charge on any atom is 0.226 e. The van der Waals surface area contributed by atoms with E-state index < -0.39 is 0 Å². The topological polar surface area (TPSA) is 75.9 Å². The summed E-state index contributed by atoms with van der Waals surface area (Å²) in [4.78, 5) is 9.93. The molecule has 3 heterocycles. The van der Waals surface area contributed by atoms with E-state index in [4.69, 9.17) is 4.52 Å². The van der Waals surface area contributed by atoms with Crippen molar-refractivity contribution >= 4 is 33.3 Å². The van der Waals surface area contributed by atoms with Crippen LogP contribution in [-0.2, 0) is 6.54 Å². The van der Waals surface area contributed by atoms with Gasteiger partial charge in [-0.2, -0.15) is 4.98 Å². The molecule has 0 fully saturated rings. The van der Waals surface area contributed by atoms with Crippen LogP contribution in [-0.4, -0.2) is 21.7 Å². The molecule has 0 saturated heterocycles. The first-order valence-corrected chi connectivity index (χ1v) is 7.29. The Bertz CT molecular complexity index is 720. The van der Waals surface area contributed by atoms with Crippen LogP contribution in [0.25, 0.3) is 10.2 Å². The van der Waals surface area contributed by atoms with Crippen LogP contribution in [0.3, 0.4) is 0 Å². The van der Waals surface area contributed by atoms with Crippen LogP contribution in [0.4, 0.5) is 11.8 Å². The SMILES string of the molecule is CCNc1nc(NCc2cc(C)no2)c2ccsc2n1. The summed E-state index contributed by atoms with van der Waals surface area (Å²) in [6.07, 6.45) is 0. The van der Waals surface area contributed by atoms with E-state index in [9.17, 15) is 0 Å². The Kier molecular flexibility index (Phi) is 3.51. The molecule has 3 rings (SSSR count). The molecule has 3 aromatic rings. The van der Waals surface area contributed by atoms with Gasteiger partial charge in [-0.1, -0.05) is 5.16 Å². The standard InChI is InChI=1S/C13H15N5OS/c1-3-14-13-16-11(10-4-5-20-12(10)17-13)15-7-9-6-8(2)18-19-9/h4-6H,3,7H2,1-2H3,(H2,14,15,16,17). The van der Waals surface area contributed by atoms with Gasteiger partial charge in [0.15, 0.2) is 5.76 Å². The minimum Gasteiger partial charge on any atom is -0.362 e. The summed E-state index contributed by atoms with van der Waals surface area (Å²) in [5, 5.41) is 13.3. The van der Waals surface area contributed by atoms with Gasteiger partial charge >= 0.3 is 0 Å². The maximum absolute atomic E-state index is 5.19. The highest BCUT2D eigenvalue weighted by Crippen LogP contribution is 2.26. The summed E-state index contributed by atoms with van der Waals surface area (Å²) in [7, 11) is 0. The predicted molar refractivity (Wildman–Crippen MR) is 80.1 cm³/mol. The zero-order valence-corrected chi connectivity index (χ0v) is 12.1. The van der Waals surface area contributed by atoms with Gasteiger partial charge in [-0.25, -0.2) is 4.98 Å². The number of thiophene rings is 1. The first kappa shape index (κ1) is 12.9. The van der Waals surface area contributed by atoms with E-state index >= 15 is 0 Å². The lowest BCUT2D eigenvalue weighted by molar-refractivity contribution is 0.384. The zero-order chi connectivity index (χ0) is 13.9. The molecule has 0 atom stereocenters. The second-order valence-corrected chi connectivity index (χ2v) is 5.25. The molecule has 0 aliphatic carbocycles. The van der Waals surface area contributed by atoms with Crippen LogP contribution in [0, 0.1) is 6.92 Å². The second kappa shape index (κ2) is 5.46. The first-order chi connectivity index (χ1) is 9.76. The lowest BCUT2D eigenvalue weighted by Crippen LogP contribution is -2.06. The zero-order valence-electron chi connectivity index (χ0n) is 11.3. The maximum atomic E-state index is 5.19. The normalized spacial score (nSPS) is 10.9. The number of aromatic nitrogens is 3. The van der Waals surface area contributed by atoms with E-state index in [-0.39, 0.29) is 0 Å². The molecule has 2 N–H and O–H groups in total. The molecule has 3 aromatic heterocycles. The van der Waals surface area contributed by atoms with Crippen molar-refractivity contribution in [3.63, 3.8) is 0 Å². The van der Waals surface area contributed by atoms with Gasteiger partial charge in [0.1, 0.15) is 10.6 Å². The van der Waals surface area contributed by atoms with Crippen molar-refractivity contribution in [3.05, 3.63) is 29.0 Å². The molecule has 0 aliphatic rings. The van der Waals surface area contributed by atoms with Crippen LogP contribution in [0.1, 0.15) is 18.4 Å². The fraction of sp³-hybridized carbons (Fsp3) is 0.308. The van der Waals surface area contributed by atoms with Crippen molar-refractivity contribution in [2.24, 2.45) is 0 Å². The lowest BCUT2D eigenvalue weighted by Gasteiger charge is -2.07.